The SMILES string of the molecule is CC(C)(O)C(NC(=O)c1cc(-c2ccc(OC(F)(F)F)cc2)nn(-c2cccc(F)c2)c1=O)C1CC1. The second-order valence-corrected chi connectivity index (χ2v) is 9.15. The van der Waals surface area contributed by atoms with Gasteiger partial charge in [-0.3, -0.25) is 9.59 Å². The van der Waals surface area contributed by atoms with Gasteiger partial charge in [0.1, 0.15) is 17.1 Å². The van der Waals surface area contributed by atoms with Gasteiger partial charge in [0.05, 0.1) is 23.0 Å². The fourth-order valence-electron chi connectivity index (χ4n) is 3.93. The number of halogens is 4. The van der Waals surface area contributed by atoms with Crippen LogP contribution in [-0.4, -0.2) is 38.8 Å². The second-order valence-electron chi connectivity index (χ2n) is 9.15. The topological polar surface area (TPSA) is 93.4 Å². The van der Waals surface area contributed by atoms with Crippen molar-refractivity contribution in [2.45, 2.75) is 44.7 Å². The molecule has 1 aliphatic carbocycles. The van der Waals surface area contributed by atoms with E-state index in [2.05, 4.69) is 15.2 Å². The molecule has 0 radical (unpaired) electrons. The summed E-state index contributed by atoms with van der Waals surface area (Å²) < 4.78 is 56.1. The number of rotatable bonds is 7. The van der Waals surface area contributed by atoms with Gasteiger partial charge in [-0.25, -0.2) is 4.39 Å². The molecule has 1 fully saturated rings. The van der Waals surface area contributed by atoms with Gasteiger partial charge in [0, 0.05) is 5.56 Å². The number of carbonyl (C=O) groups excluding carboxylic acids is 1. The summed E-state index contributed by atoms with van der Waals surface area (Å²) in [5.74, 6) is -1.80. The van der Waals surface area contributed by atoms with Crippen LogP contribution in [0.2, 0.25) is 0 Å². The smallest absolute Gasteiger partial charge is 0.406 e. The summed E-state index contributed by atoms with van der Waals surface area (Å²) in [5.41, 5.74) is -1.99. The molecule has 1 atom stereocenters. The monoisotopic (exact) mass is 505 g/mol. The first kappa shape index (κ1) is 25.4. The summed E-state index contributed by atoms with van der Waals surface area (Å²) >= 11 is 0. The molecule has 36 heavy (non-hydrogen) atoms. The van der Waals surface area contributed by atoms with Crippen LogP contribution in [0.5, 0.6) is 5.75 Å². The largest absolute Gasteiger partial charge is 0.573 e. The molecule has 11 heteroatoms. The van der Waals surface area contributed by atoms with Crippen molar-refractivity contribution in [2.24, 2.45) is 5.92 Å². The molecule has 2 N–H and O–H groups in total. The highest BCUT2D eigenvalue weighted by molar-refractivity contribution is 5.95. The molecule has 2 aromatic carbocycles. The number of aliphatic hydroxyl groups is 1. The molecule has 1 unspecified atom stereocenters. The number of ether oxygens (including phenoxy) is 1. The lowest BCUT2D eigenvalue weighted by Crippen LogP contribution is -2.51. The number of nitrogens with one attached hydrogen (secondary N) is 1. The van der Waals surface area contributed by atoms with Crippen LogP contribution < -0.4 is 15.6 Å². The fraction of sp³-hybridized carbons (Fsp3) is 0.320. The molecule has 3 aromatic rings. The van der Waals surface area contributed by atoms with Crippen LogP contribution in [0.4, 0.5) is 17.6 Å². The molecule has 1 saturated carbocycles. The number of carbonyl (C=O) groups is 1. The standard InChI is InChI=1S/C25H23F4N3O4/c1-24(2,35)21(15-6-7-15)30-22(33)19-13-20(14-8-10-18(11-9-14)36-25(27,28)29)31-32(23(19)34)17-5-3-4-16(26)12-17/h3-5,8-13,15,21,35H,6-7H2,1-2H3,(H,30,33). The quantitative estimate of drug-likeness (QED) is 0.469. The van der Waals surface area contributed by atoms with Crippen LogP contribution in [0.3, 0.4) is 0 Å². The van der Waals surface area contributed by atoms with Crippen LogP contribution in [0, 0.1) is 11.7 Å². The van der Waals surface area contributed by atoms with Crippen molar-refractivity contribution in [1.82, 2.24) is 15.1 Å². The number of hydrogen-bond donors (Lipinski definition) is 2. The Kier molecular flexibility index (Phi) is 6.61. The molecular weight excluding hydrogens is 482 g/mol. The minimum absolute atomic E-state index is 0.0501. The van der Waals surface area contributed by atoms with Gasteiger partial charge in [0.15, 0.2) is 0 Å². The second kappa shape index (κ2) is 9.38. The zero-order chi connectivity index (χ0) is 26.3. The van der Waals surface area contributed by atoms with E-state index in [9.17, 15) is 32.3 Å². The summed E-state index contributed by atoms with van der Waals surface area (Å²) in [4.78, 5) is 26.5. The molecular formula is C25H23F4N3O4. The molecule has 0 bridgehead atoms. The van der Waals surface area contributed by atoms with E-state index in [0.29, 0.717) is 0 Å². The van der Waals surface area contributed by atoms with Crippen molar-refractivity contribution < 1.29 is 32.2 Å². The first-order chi connectivity index (χ1) is 16.8. The predicted molar refractivity (Wildman–Crippen MR) is 122 cm³/mol. The Morgan fingerprint density at radius 3 is 2.36 bits per heavy atom. The average molecular weight is 505 g/mol. The number of benzene rings is 2. The highest BCUT2D eigenvalue weighted by Crippen LogP contribution is 2.37. The third-order valence-electron chi connectivity index (χ3n) is 5.73. The molecule has 190 valence electrons. The minimum atomic E-state index is -4.87. The minimum Gasteiger partial charge on any atom is -0.406 e. The number of aromatic nitrogens is 2. The van der Waals surface area contributed by atoms with Gasteiger partial charge < -0.3 is 15.2 Å². The maximum absolute atomic E-state index is 13.9. The van der Waals surface area contributed by atoms with Crippen LogP contribution >= 0.6 is 0 Å². The maximum atomic E-state index is 13.9. The van der Waals surface area contributed by atoms with E-state index in [1.165, 1.54) is 36.4 Å². The Balaban J connectivity index is 1.78. The van der Waals surface area contributed by atoms with Crippen molar-refractivity contribution >= 4 is 5.91 Å². The molecule has 1 aromatic heterocycles. The summed E-state index contributed by atoms with van der Waals surface area (Å²) in [7, 11) is 0. The Hall–Kier alpha value is -3.73. The van der Waals surface area contributed by atoms with Crippen LogP contribution in [0.25, 0.3) is 16.9 Å². The molecule has 0 spiro atoms. The fourth-order valence-corrected chi connectivity index (χ4v) is 3.93. The highest BCUT2D eigenvalue weighted by atomic mass is 19.4. The Morgan fingerprint density at radius 1 is 1.14 bits per heavy atom. The van der Waals surface area contributed by atoms with E-state index in [1.807, 2.05) is 0 Å². The summed E-state index contributed by atoms with van der Waals surface area (Å²) in [6, 6.07) is 10.3. The lowest BCUT2D eigenvalue weighted by atomic mass is 9.94. The van der Waals surface area contributed by atoms with Crippen molar-refractivity contribution in [3.63, 3.8) is 0 Å². The normalized spacial score (nSPS) is 14.9. The van der Waals surface area contributed by atoms with E-state index in [1.54, 1.807) is 13.8 Å². The Morgan fingerprint density at radius 2 is 1.81 bits per heavy atom. The van der Waals surface area contributed by atoms with Crippen molar-refractivity contribution in [3.05, 3.63) is 76.3 Å². The predicted octanol–water partition coefficient (Wildman–Crippen LogP) is 4.22. The van der Waals surface area contributed by atoms with Crippen LogP contribution in [-0.2, 0) is 0 Å². The van der Waals surface area contributed by atoms with Crippen LogP contribution in [0.1, 0.15) is 37.0 Å². The van der Waals surface area contributed by atoms with Gasteiger partial charge in [-0.05, 0) is 81.1 Å². The molecule has 0 aliphatic heterocycles. The summed E-state index contributed by atoms with van der Waals surface area (Å²) in [5, 5.41) is 17.5. The van der Waals surface area contributed by atoms with Gasteiger partial charge >= 0.3 is 6.36 Å². The number of alkyl halides is 3. The van der Waals surface area contributed by atoms with Gasteiger partial charge in [-0.1, -0.05) is 6.07 Å². The Bertz CT molecular complexity index is 1330. The van der Waals surface area contributed by atoms with Crippen molar-refractivity contribution in [2.75, 3.05) is 0 Å². The van der Waals surface area contributed by atoms with E-state index < -0.39 is 41.0 Å². The zero-order valence-electron chi connectivity index (χ0n) is 19.3. The first-order valence-electron chi connectivity index (χ1n) is 11.1. The van der Waals surface area contributed by atoms with E-state index >= 15 is 0 Å². The van der Waals surface area contributed by atoms with Crippen molar-refractivity contribution in [3.8, 4) is 22.7 Å². The first-order valence-corrected chi connectivity index (χ1v) is 11.1. The number of amides is 1. The maximum Gasteiger partial charge on any atom is 0.573 e. The number of nitrogens with zero attached hydrogens (tertiary/aromatic N) is 2. The van der Waals surface area contributed by atoms with Crippen molar-refractivity contribution in [1.29, 1.82) is 0 Å². The van der Waals surface area contributed by atoms with Gasteiger partial charge in [0.25, 0.3) is 11.5 Å². The third kappa shape index (κ3) is 5.91. The van der Waals surface area contributed by atoms with E-state index in [4.69, 9.17) is 0 Å². The molecule has 0 saturated heterocycles. The highest BCUT2D eigenvalue weighted by Gasteiger charge is 2.41. The van der Waals surface area contributed by atoms with Gasteiger partial charge in [-0.15, -0.1) is 13.2 Å². The van der Waals surface area contributed by atoms with Gasteiger partial charge in [0.2, 0.25) is 0 Å². The molecule has 1 heterocycles. The molecule has 7 nitrogen and oxygen atoms in total. The molecule has 1 amide bonds. The third-order valence-corrected chi connectivity index (χ3v) is 5.73. The lowest BCUT2D eigenvalue weighted by molar-refractivity contribution is -0.274. The van der Waals surface area contributed by atoms with E-state index in [0.717, 1.165) is 35.7 Å². The van der Waals surface area contributed by atoms with Gasteiger partial charge in [-0.2, -0.15) is 9.78 Å². The zero-order valence-corrected chi connectivity index (χ0v) is 19.3. The summed E-state index contributed by atoms with van der Waals surface area (Å²) in [6.07, 6.45) is -3.24. The Labute approximate surface area is 203 Å². The molecule has 1 aliphatic rings. The van der Waals surface area contributed by atoms with Crippen LogP contribution in [0.15, 0.2) is 59.4 Å². The molecule has 4 rings (SSSR count). The average Bonchev–Trinajstić information content (AvgIpc) is 3.61. The van der Waals surface area contributed by atoms with E-state index in [-0.39, 0.29) is 28.4 Å². The summed E-state index contributed by atoms with van der Waals surface area (Å²) in [6.45, 7) is 3.12. The lowest BCUT2D eigenvalue weighted by Gasteiger charge is -2.30. The number of hydrogen-bond acceptors (Lipinski definition) is 5.